The van der Waals surface area contributed by atoms with E-state index in [2.05, 4.69) is 36.2 Å². The predicted octanol–water partition coefficient (Wildman–Crippen LogP) is 2.97. The molecule has 0 atom stereocenters. The molecule has 2 heteroatoms. The quantitative estimate of drug-likeness (QED) is 0.790. The highest BCUT2D eigenvalue weighted by Crippen LogP contribution is 2.16. The van der Waals surface area contributed by atoms with Crippen LogP contribution in [-0.4, -0.2) is 32.1 Å². The first kappa shape index (κ1) is 11.9. The molecule has 0 N–H and O–H groups in total. The van der Waals surface area contributed by atoms with Crippen LogP contribution in [0.1, 0.15) is 12.0 Å². The van der Waals surface area contributed by atoms with Crippen molar-refractivity contribution in [3.05, 3.63) is 47.6 Å². The van der Waals surface area contributed by atoms with Crippen LogP contribution in [0.2, 0.25) is 0 Å². The third-order valence-electron chi connectivity index (χ3n) is 3.03. The smallest absolute Gasteiger partial charge is 0.119 e. The Hall–Kier alpha value is -1.54. The average molecular weight is 229 g/mol. The molecule has 0 spiro atoms. The summed E-state index contributed by atoms with van der Waals surface area (Å²) in [6.07, 6.45) is 7.79. The molecule has 0 saturated heterocycles. The highest BCUT2D eigenvalue weighted by Gasteiger charge is 2.04. The number of hydrogen-bond acceptors (Lipinski definition) is 2. The first-order valence-electron chi connectivity index (χ1n) is 5.97. The van der Waals surface area contributed by atoms with Crippen LogP contribution in [0, 0.1) is 0 Å². The van der Waals surface area contributed by atoms with Crippen LogP contribution in [-0.2, 0) is 0 Å². The molecule has 0 unspecified atom stereocenters. The minimum Gasteiger partial charge on any atom is -0.497 e. The van der Waals surface area contributed by atoms with E-state index in [-0.39, 0.29) is 0 Å². The van der Waals surface area contributed by atoms with Gasteiger partial charge < -0.3 is 9.64 Å². The van der Waals surface area contributed by atoms with Crippen LogP contribution in [0.4, 0.5) is 0 Å². The van der Waals surface area contributed by atoms with E-state index in [0.717, 1.165) is 25.3 Å². The molecule has 0 aromatic heterocycles. The molecule has 0 saturated carbocycles. The zero-order valence-electron chi connectivity index (χ0n) is 10.5. The molecule has 0 amide bonds. The number of benzene rings is 1. The van der Waals surface area contributed by atoms with Gasteiger partial charge in [0.05, 0.1) is 7.11 Å². The number of methoxy groups -OCH3 is 1. The molecule has 0 aliphatic carbocycles. The molecular formula is C15H19NO. The number of hydrogen-bond donors (Lipinski definition) is 0. The van der Waals surface area contributed by atoms with Gasteiger partial charge >= 0.3 is 0 Å². The first-order chi connectivity index (χ1) is 8.28. The molecule has 1 aromatic rings. The lowest BCUT2D eigenvalue weighted by Crippen LogP contribution is -2.23. The highest BCUT2D eigenvalue weighted by atomic mass is 16.5. The van der Waals surface area contributed by atoms with E-state index in [1.165, 1.54) is 11.1 Å². The van der Waals surface area contributed by atoms with Crippen molar-refractivity contribution >= 4 is 6.08 Å². The maximum Gasteiger partial charge on any atom is 0.119 e. The molecule has 90 valence electrons. The summed E-state index contributed by atoms with van der Waals surface area (Å²) < 4.78 is 5.21. The molecule has 0 radical (unpaired) electrons. The molecule has 1 aliphatic rings. The number of nitrogens with zero attached hydrogens (tertiary/aromatic N) is 1. The fraction of sp³-hybridized carbons (Fsp3) is 0.333. The molecule has 0 fully saturated rings. The lowest BCUT2D eigenvalue weighted by Gasteiger charge is -2.20. The fourth-order valence-electron chi connectivity index (χ4n) is 1.89. The second-order valence-corrected chi connectivity index (χ2v) is 4.40. The molecule has 1 aliphatic heterocycles. The van der Waals surface area contributed by atoms with Gasteiger partial charge in [0.15, 0.2) is 0 Å². The van der Waals surface area contributed by atoms with Gasteiger partial charge in [0.1, 0.15) is 5.75 Å². The van der Waals surface area contributed by atoms with Crippen LogP contribution in [0.5, 0.6) is 5.75 Å². The number of rotatable bonds is 3. The van der Waals surface area contributed by atoms with E-state index in [9.17, 15) is 0 Å². The van der Waals surface area contributed by atoms with Crippen molar-refractivity contribution in [3.8, 4) is 5.75 Å². The van der Waals surface area contributed by atoms with Gasteiger partial charge in [-0.15, -0.1) is 0 Å². The highest BCUT2D eigenvalue weighted by molar-refractivity contribution is 5.55. The van der Waals surface area contributed by atoms with Gasteiger partial charge in [0.2, 0.25) is 0 Å². The number of allylic oxidation sites excluding steroid dienone is 1. The second-order valence-electron chi connectivity index (χ2n) is 4.40. The monoisotopic (exact) mass is 229 g/mol. The third kappa shape index (κ3) is 3.46. The van der Waals surface area contributed by atoms with Crippen molar-refractivity contribution in [2.45, 2.75) is 6.42 Å². The Morgan fingerprint density at radius 3 is 2.88 bits per heavy atom. The SMILES string of the molecule is COc1cccc(/C=C/C2=CCN(C)CC2)c1. The van der Waals surface area contributed by atoms with Gasteiger partial charge in [-0.25, -0.2) is 0 Å². The third-order valence-corrected chi connectivity index (χ3v) is 3.03. The fourth-order valence-corrected chi connectivity index (χ4v) is 1.89. The van der Waals surface area contributed by atoms with Gasteiger partial charge in [0.25, 0.3) is 0 Å². The lowest BCUT2D eigenvalue weighted by molar-refractivity contribution is 0.361. The van der Waals surface area contributed by atoms with Crippen LogP contribution in [0.15, 0.2) is 42.0 Å². The standard InChI is InChI=1S/C15H19NO/c1-16-10-8-13(9-11-16)6-7-14-4-3-5-15(12-14)17-2/h3-8,12H,9-11H2,1-2H3/b7-6+. The molecule has 0 bridgehead atoms. The van der Waals surface area contributed by atoms with E-state index >= 15 is 0 Å². The van der Waals surface area contributed by atoms with Crippen molar-refractivity contribution < 1.29 is 4.74 Å². The Morgan fingerprint density at radius 1 is 1.29 bits per heavy atom. The van der Waals surface area contributed by atoms with E-state index in [1.54, 1.807) is 7.11 Å². The Bertz CT molecular complexity index is 434. The normalized spacial score (nSPS) is 17.2. The minimum absolute atomic E-state index is 0.907. The zero-order valence-corrected chi connectivity index (χ0v) is 10.5. The molecule has 2 nitrogen and oxygen atoms in total. The van der Waals surface area contributed by atoms with Gasteiger partial charge in [-0.2, -0.15) is 0 Å². The maximum atomic E-state index is 5.21. The van der Waals surface area contributed by atoms with Crippen LogP contribution in [0.25, 0.3) is 6.08 Å². The summed E-state index contributed by atoms with van der Waals surface area (Å²) in [5.41, 5.74) is 2.61. The van der Waals surface area contributed by atoms with Crippen molar-refractivity contribution in [3.63, 3.8) is 0 Å². The van der Waals surface area contributed by atoms with Crippen LogP contribution < -0.4 is 4.74 Å². The van der Waals surface area contributed by atoms with Gasteiger partial charge in [-0.05, 0) is 36.7 Å². The summed E-state index contributed by atoms with van der Waals surface area (Å²) in [5.74, 6) is 0.907. The van der Waals surface area contributed by atoms with Crippen molar-refractivity contribution in [2.24, 2.45) is 0 Å². The molecule has 1 heterocycles. The minimum atomic E-state index is 0.907. The van der Waals surface area contributed by atoms with Crippen molar-refractivity contribution in [1.82, 2.24) is 4.90 Å². The van der Waals surface area contributed by atoms with Gasteiger partial charge in [-0.1, -0.05) is 30.4 Å². The predicted molar refractivity (Wildman–Crippen MR) is 72.2 cm³/mol. The average Bonchev–Trinajstić information content (AvgIpc) is 2.38. The topological polar surface area (TPSA) is 12.5 Å². The van der Waals surface area contributed by atoms with Crippen molar-refractivity contribution in [1.29, 1.82) is 0 Å². The van der Waals surface area contributed by atoms with Gasteiger partial charge in [-0.3, -0.25) is 0 Å². The van der Waals surface area contributed by atoms with Crippen LogP contribution >= 0.6 is 0 Å². The van der Waals surface area contributed by atoms with E-state index in [4.69, 9.17) is 4.74 Å². The Labute approximate surface area is 103 Å². The Morgan fingerprint density at radius 2 is 2.18 bits per heavy atom. The molecular weight excluding hydrogens is 210 g/mol. The summed E-state index contributed by atoms with van der Waals surface area (Å²) in [6.45, 7) is 2.20. The lowest BCUT2D eigenvalue weighted by atomic mass is 10.1. The number of ether oxygens (including phenoxy) is 1. The molecule has 17 heavy (non-hydrogen) atoms. The number of likely N-dealkylation sites (N-methyl/N-ethyl adjacent to an activating group) is 1. The van der Waals surface area contributed by atoms with E-state index < -0.39 is 0 Å². The Balaban J connectivity index is 2.04. The summed E-state index contributed by atoms with van der Waals surface area (Å²) in [7, 11) is 3.85. The summed E-state index contributed by atoms with van der Waals surface area (Å²) in [6, 6.07) is 8.12. The summed E-state index contributed by atoms with van der Waals surface area (Å²) in [5, 5.41) is 0. The summed E-state index contributed by atoms with van der Waals surface area (Å²) in [4.78, 5) is 2.32. The van der Waals surface area contributed by atoms with E-state index in [1.807, 2.05) is 18.2 Å². The largest absolute Gasteiger partial charge is 0.497 e. The van der Waals surface area contributed by atoms with Crippen molar-refractivity contribution in [2.75, 3.05) is 27.2 Å². The molecule has 2 rings (SSSR count). The Kier molecular flexibility index (Phi) is 3.99. The van der Waals surface area contributed by atoms with E-state index in [0.29, 0.717) is 0 Å². The first-order valence-corrected chi connectivity index (χ1v) is 5.97. The maximum absolute atomic E-state index is 5.21. The summed E-state index contributed by atoms with van der Waals surface area (Å²) >= 11 is 0. The van der Waals surface area contributed by atoms with Gasteiger partial charge in [0, 0.05) is 13.1 Å². The zero-order chi connectivity index (χ0) is 12.1. The van der Waals surface area contributed by atoms with Crippen LogP contribution in [0.3, 0.4) is 0 Å². The molecule has 1 aromatic carbocycles. The second kappa shape index (κ2) is 5.69.